The van der Waals surface area contributed by atoms with Gasteiger partial charge in [0, 0.05) is 38.2 Å². The van der Waals surface area contributed by atoms with Gasteiger partial charge in [-0.15, -0.1) is 0 Å². The van der Waals surface area contributed by atoms with E-state index in [-0.39, 0.29) is 0 Å². The molecular weight excluding hydrogens is 921 g/mol. The number of rotatable bonds is 9. The fraction of sp³-hybridized carbons (Fsp3) is 0. The van der Waals surface area contributed by atoms with Gasteiger partial charge in [-0.2, -0.15) is 5.26 Å². The molecule has 0 atom stereocenters. The minimum Gasteiger partial charge on any atom is -0.309 e. The third kappa shape index (κ3) is 7.41. The Morgan fingerprint density at radius 3 is 1.11 bits per heavy atom. The van der Waals surface area contributed by atoms with Crippen molar-refractivity contribution in [2.75, 3.05) is 0 Å². The summed E-state index contributed by atoms with van der Waals surface area (Å²) in [4.78, 5) is 5.36. The van der Waals surface area contributed by atoms with Gasteiger partial charge in [-0.25, -0.2) is 4.98 Å². The number of nitrogens with zero attached hydrogens (tertiary/aromatic N) is 4. The molecule has 76 heavy (non-hydrogen) atoms. The quantitative estimate of drug-likeness (QED) is 0.145. The maximum absolute atomic E-state index is 11.7. The SMILES string of the molecule is N#Cc1cc(-n2c3ccccc3c3c(-c4ccccc4-c4ccccc4)cccc32)c(-c2cc(-c3ccccc3)nc(-c3ccccc3)c2)cc1-n1c2ccccc2c2c(-c3ccccc3-c3ccccc3)cccc21. The van der Waals surface area contributed by atoms with Crippen molar-refractivity contribution in [2.45, 2.75) is 0 Å². The van der Waals surface area contributed by atoms with Crippen LogP contribution in [0.5, 0.6) is 0 Å². The Balaban J connectivity index is 1.09. The van der Waals surface area contributed by atoms with Gasteiger partial charge in [0.1, 0.15) is 6.07 Å². The van der Waals surface area contributed by atoms with E-state index in [1.807, 2.05) is 12.1 Å². The van der Waals surface area contributed by atoms with Crippen molar-refractivity contribution >= 4 is 43.6 Å². The average Bonchev–Trinajstić information content (AvgIpc) is 4.13. The van der Waals surface area contributed by atoms with E-state index in [1.54, 1.807) is 0 Å². The topological polar surface area (TPSA) is 46.5 Å². The van der Waals surface area contributed by atoms with Crippen molar-refractivity contribution < 1.29 is 0 Å². The van der Waals surface area contributed by atoms with Crippen molar-refractivity contribution in [3.05, 3.63) is 285 Å². The zero-order valence-electron chi connectivity index (χ0n) is 41.3. The smallest absolute Gasteiger partial charge is 0.101 e. The number of para-hydroxylation sites is 2. The molecule has 0 aliphatic heterocycles. The molecule has 3 aromatic heterocycles. The molecule has 4 heteroatoms. The highest BCUT2D eigenvalue weighted by molar-refractivity contribution is 6.18. The first-order valence-electron chi connectivity index (χ1n) is 25.8. The van der Waals surface area contributed by atoms with Crippen molar-refractivity contribution in [3.63, 3.8) is 0 Å². The monoisotopic (exact) mass is 966 g/mol. The first-order chi connectivity index (χ1) is 37.7. The number of fused-ring (bicyclic) bond motifs is 6. The molecule has 0 aliphatic rings. The molecule has 0 bridgehead atoms. The Hall–Kier alpha value is -10.3. The maximum Gasteiger partial charge on any atom is 0.101 e. The van der Waals surface area contributed by atoms with Crippen LogP contribution in [0.1, 0.15) is 5.56 Å². The molecule has 14 aromatic rings. The van der Waals surface area contributed by atoms with Crippen LogP contribution < -0.4 is 0 Å². The number of hydrogen-bond donors (Lipinski definition) is 0. The molecule has 4 nitrogen and oxygen atoms in total. The number of aromatic nitrogens is 3. The van der Waals surface area contributed by atoms with E-state index < -0.39 is 0 Å². The Morgan fingerprint density at radius 1 is 0.276 bits per heavy atom. The summed E-state index contributed by atoms with van der Waals surface area (Å²) >= 11 is 0. The molecular formula is C72H46N4. The van der Waals surface area contributed by atoms with Gasteiger partial charge in [-0.05, 0) is 98.6 Å². The van der Waals surface area contributed by atoms with Crippen LogP contribution in [-0.2, 0) is 0 Å². The van der Waals surface area contributed by atoms with Crippen LogP contribution in [0.3, 0.4) is 0 Å². The van der Waals surface area contributed by atoms with Gasteiger partial charge in [0.05, 0.1) is 50.4 Å². The molecule has 0 spiro atoms. The molecule has 3 heterocycles. The highest BCUT2D eigenvalue weighted by atomic mass is 15.0. The summed E-state index contributed by atoms with van der Waals surface area (Å²) in [5.41, 5.74) is 21.2. The van der Waals surface area contributed by atoms with E-state index in [2.05, 4.69) is 282 Å². The fourth-order valence-electron chi connectivity index (χ4n) is 11.6. The molecule has 0 aliphatic carbocycles. The maximum atomic E-state index is 11.7. The summed E-state index contributed by atoms with van der Waals surface area (Å²) in [6.45, 7) is 0. The molecule has 14 rings (SSSR count). The molecule has 0 unspecified atom stereocenters. The predicted octanol–water partition coefficient (Wildman–Crippen LogP) is 18.8. The number of hydrogen-bond acceptors (Lipinski definition) is 2. The zero-order valence-corrected chi connectivity index (χ0v) is 41.3. The Kier molecular flexibility index (Phi) is 10.9. The van der Waals surface area contributed by atoms with Gasteiger partial charge < -0.3 is 9.13 Å². The van der Waals surface area contributed by atoms with Gasteiger partial charge in [-0.1, -0.05) is 231 Å². The summed E-state index contributed by atoms with van der Waals surface area (Å²) in [6.07, 6.45) is 0. The van der Waals surface area contributed by atoms with Crippen molar-refractivity contribution in [2.24, 2.45) is 0 Å². The van der Waals surface area contributed by atoms with Crippen LogP contribution in [-0.4, -0.2) is 14.1 Å². The van der Waals surface area contributed by atoms with Gasteiger partial charge >= 0.3 is 0 Å². The summed E-state index contributed by atoms with van der Waals surface area (Å²) in [5.74, 6) is 0. The minimum atomic E-state index is 0.550. The highest BCUT2D eigenvalue weighted by Gasteiger charge is 2.25. The molecule has 0 radical (unpaired) electrons. The third-order valence-corrected chi connectivity index (χ3v) is 15.0. The first-order valence-corrected chi connectivity index (χ1v) is 25.8. The van der Waals surface area contributed by atoms with Gasteiger partial charge in [0.15, 0.2) is 0 Å². The van der Waals surface area contributed by atoms with Gasteiger partial charge in [-0.3, -0.25) is 0 Å². The molecule has 0 N–H and O–H groups in total. The Morgan fingerprint density at radius 2 is 0.645 bits per heavy atom. The summed E-state index contributed by atoms with van der Waals surface area (Å²) in [5, 5.41) is 16.2. The van der Waals surface area contributed by atoms with E-state index in [4.69, 9.17) is 4.98 Å². The second-order valence-electron chi connectivity index (χ2n) is 19.3. The van der Waals surface area contributed by atoms with E-state index in [0.717, 1.165) is 128 Å². The molecule has 354 valence electrons. The molecule has 0 amide bonds. The standard InChI is InChI=1S/C72H46N4/c73-47-53-45-70(76-66-40-20-18-36-61(66)72-59(38-22-42-68(72)76)57-34-16-14-32-55(57)49-25-7-2-8-26-49)62(52-43-63(50-27-9-3-10-28-50)74-64(44-52)51-29-11-4-12-30-51)46-69(53)75-65-39-19-17-35-60(65)71-58(37-21-41-67(71)75)56-33-15-13-31-54(56)48-23-5-1-6-24-48/h1-46H. The molecule has 0 fully saturated rings. The first kappa shape index (κ1) is 44.4. The number of benzene rings is 11. The van der Waals surface area contributed by atoms with Crippen molar-refractivity contribution in [1.82, 2.24) is 14.1 Å². The van der Waals surface area contributed by atoms with E-state index in [0.29, 0.717) is 5.56 Å². The van der Waals surface area contributed by atoms with E-state index in [9.17, 15) is 5.26 Å². The summed E-state index contributed by atoms with van der Waals surface area (Å²) < 4.78 is 4.70. The average molecular weight is 967 g/mol. The number of pyridine rings is 1. The lowest BCUT2D eigenvalue weighted by atomic mass is 9.92. The van der Waals surface area contributed by atoms with Gasteiger partial charge in [0.2, 0.25) is 0 Å². The molecule has 0 saturated carbocycles. The van der Waals surface area contributed by atoms with E-state index >= 15 is 0 Å². The molecule has 11 aromatic carbocycles. The van der Waals surface area contributed by atoms with Gasteiger partial charge in [0.25, 0.3) is 0 Å². The lowest BCUT2D eigenvalue weighted by Gasteiger charge is -2.20. The normalized spacial score (nSPS) is 11.4. The van der Waals surface area contributed by atoms with Crippen LogP contribution in [0.4, 0.5) is 0 Å². The van der Waals surface area contributed by atoms with Crippen molar-refractivity contribution in [3.8, 4) is 95.6 Å². The highest BCUT2D eigenvalue weighted by Crippen LogP contribution is 2.47. The van der Waals surface area contributed by atoms with Crippen molar-refractivity contribution in [1.29, 1.82) is 5.26 Å². The Labute approximate surface area is 440 Å². The van der Waals surface area contributed by atoms with Crippen LogP contribution in [0.2, 0.25) is 0 Å². The lowest BCUT2D eigenvalue weighted by Crippen LogP contribution is -2.04. The van der Waals surface area contributed by atoms with Crippen LogP contribution >= 0.6 is 0 Å². The van der Waals surface area contributed by atoms with Crippen LogP contribution in [0, 0.1) is 11.3 Å². The Bertz CT molecular complexity index is 4510. The van der Waals surface area contributed by atoms with Crippen LogP contribution in [0.25, 0.3) is 133 Å². The van der Waals surface area contributed by atoms with E-state index in [1.165, 1.54) is 5.56 Å². The number of nitriles is 1. The zero-order chi connectivity index (χ0) is 50.5. The predicted molar refractivity (Wildman–Crippen MR) is 316 cm³/mol. The second-order valence-corrected chi connectivity index (χ2v) is 19.3. The summed E-state index contributed by atoms with van der Waals surface area (Å²) in [7, 11) is 0. The molecule has 0 saturated heterocycles. The largest absolute Gasteiger partial charge is 0.309 e. The summed E-state index contributed by atoms with van der Waals surface area (Å²) in [6, 6.07) is 102. The second kappa shape index (κ2) is 18.6. The lowest BCUT2D eigenvalue weighted by molar-refractivity contribution is 1.13. The third-order valence-electron chi connectivity index (χ3n) is 15.0. The minimum absolute atomic E-state index is 0.550. The fourth-order valence-corrected chi connectivity index (χ4v) is 11.6. The van der Waals surface area contributed by atoms with Crippen LogP contribution in [0.15, 0.2) is 279 Å².